The first-order valence-corrected chi connectivity index (χ1v) is 16.4. The summed E-state index contributed by atoms with van der Waals surface area (Å²) in [5.74, 6) is 1.89. The van der Waals surface area contributed by atoms with E-state index >= 15 is 0 Å². The number of nitrogens with zero attached hydrogens (tertiary/aromatic N) is 3. The lowest BCUT2D eigenvalue weighted by molar-refractivity contribution is 0.669. The molecule has 0 aliphatic rings. The molecule has 0 atom stereocenters. The Balaban J connectivity index is 1.23. The number of fused-ring (bicyclic) bond motifs is 7. The van der Waals surface area contributed by atoms with E-state index in [1.165, 1.54) is 21.5 Å². The van der Waals surface area contributed by atoms with Gasteiger partial charge in [0.2, 0.25) is 0 Å². The molecular weight excluding hydrogens is 599 g/mol. The molecule has 0 fully saturated rings. The maximum atomic E-state index is 6.30. The van der Waals surface area contributed by atoms with Crippen LogP contribution in [0.5, 0.6) is 0 Å². The molecule has 0 aliphatic carbocycles. The van der Waals surface area contributed by atoms with Crippen molar-refractivity contribution in [2.45, 2.75) is 0 Å². The number of hydrogen-bond donors (Lipinski definition) is 0. The summed E-state index contributed by atoms with van der Waals surface area (Å²) in [5, 5.41) is 9.23. The van der Waals surface area contributed by atoms with Crippen LogP contribution in [-0.4, -0.2) is 15.0 Å². The number of aromatic nitrogens is 3. The van der Waals surface area contributed by atoms with Crippen LogP contribution in [0.1, 0.15) is 0 Å². The summed E-state index contributed by atoms with van der Waals surface area (Å²) in [6.45, 7) is 0. The van der Waals surface area contributed by atoms with Crippen LogP contribution < -0.4 is 0 Å². The van der Waals surface area contributed by atoms with Crippen LogP contribution in [0.3, 0.4) is 0 Å². The minimum atomic E-state index is 0.623. The summed E-state index contributed by atoms with van der Waals surface area (Å²) in [6, 6.07) is 56.9. The summed E-state index contributed by atoms with van der Waals surface area (Å²) in [6.07, 6.45) is 0. The van der Waals surface area contributed by atoms with E-state index in [2.05, 4.69) is 115 Å². The van der Waals surface area contributed by atoms with Crippen LogP contribution in [0, 0.1) is 0 Å². The predicted octanol–water partition coefficient (Wildman–Crippen LogP) is 11.9. The van der Waals surface area contributed by atoms with Crippen molar-refractivity contribution in [3.05, 3.63) is 164 Å². The van der Waals surface area contributed by atoms with Gasteiger partial charge in [0.05, 0.1) is 0 Å². The van der Waals surface area contributed by atoms with Gasteiger partial charge in [-0.3, -0.25) is 0 Å². The van der Waals surface area contributed by atoms with Gasteiger partial charge >= 0.3 is 0 Å². The van der Waals surface area contributed by atoms with Gasteiger partial charge in [-0.2, -0.15) is 0 Å². The molecule has 228 valence electrons. The molecule has 2 heterocycles. The molecule has 0 unspecified atom stereocenters. The van der Waals surface area contributed by atoms with Gasteiger partial charge in [0.1, 0.15) is 11.2 Å². The zero-order valence-corrected chi connectivity index (χ0v) is 26.3. The van der Waals surface area contributed by atoms with E-state index in [1.54, 1.807) is 0 Å². The van der Waals surface area contributed by atoms with E-state index < -0.39 is 0 Å². The summed E-state index contributed by atoms with van der Waals surface area (Å²) in [4.78, 5) is 15.4. The van der Waals surface area contributed by atoms with Gasteiger partial charge in [-0.25, -0.2) is 15.0 Å². The highest BCUT2D eigenvalue weighted by molar-refractivity contribution is 6.16. The molecule has 8 aromatic carbocycles. The molecule has 0 saturated carbocycles. The quantitative estimate of drug-likeness (QED) is 0.183. The summed E-state index contributed by atoms with van der Waals surface area (Å²) in [7, 11) is 0. The average Bonchev–Trinajstić information content (AvgIpc) is 3.56. The first kappa shape index (κ1) is 27.5. The van der Waals surface area contributed by atoms with Crippen molar-refractivity contribution in [1.29, 1.82) is 0 Å². The van der Waals surface area contributed by atoms with Gasteiger partial charge in [-0.15, -0.1) is 0 Å². The van der Waals surface area contributed by atoms with E-state index in [0.717, 1.165) is 60.5 Å². The van der Waals surface area contributed by atoms with Crippen molar-refractivity contribution in [3.63, 3.8) is 0 Å². The normalized spacial score (nSPS) is 11.7. The van der Waals surface area contributed by atoms with Crippen LogP contribution in [0.15, 0.2) is 168 Å². The van der Waals surface area contributed by atoms with Crippen molar-refractivity contribution < 1.29 is 4.42 Å². The van der Waals surface area contributed by atoms with E-state index in [0.29, 0.717) is 17.5 Å². The average molecular weight is 626 g/mol. The number of para-hydroxylation sites is 1. The van der Waals surface area contributed by atoms with Gasteiger partial charge in [-0.05, 0) is 73.8 Å². The molecule has 49 heavy (non-hydrogen) atoms. The monoisotopic (exact) mass is 625 g/mol. The lowest BCUT2D eigenvalue weighted by Gasteiger charge is -2.13. The Morgan fingerprint density at radius 2 is 0.939 bits per heavy atom. The molecule has 2 aromatic heterocycles. The van der Waals surface area contributed by atoms with Gasteiger partial charge in [0.15, 0.2) is 17.5 Å². The molecule has 0 spiro atoms. The highest BCUT2D eigenvalue weighted by Gasteiger charge is 2.18. The highest BCUT2D eigenvalue weighted by Crippen LogP contribution is 2.41. The van der Waals surface area contributed by atoms with Crippen molar-refractivity contribution in [1.82, 2.24) is 15.0 Å². The first-order valence-electron chi connectivity index (χ1n) is 16.4. The molecule has 10 rings (SSSR count). The molecule has 0 saturated heterocycles. The van der Waals surface area contributed by atoms with Gasteiger partial charge in [0.25, 0.3) is 0 Å². The lowest BCUT2D eigenvalue weighted by atomic mass is 9.92. The van der Waals surface area contributed by atoms with Gasteiger partial charge < -0.3 is 4.42 Å². The highest BCUT2D eigenvalue weighted by atomic mass is 16.3. The molecule has 4 heteroatoms. The third kappa shape index (κ3) is 4.57. The van der Waals surface area contributed by atoms with Crippen molar-refractivity contribution >= 4 is 54.3 Å². The van der Waals surface area contributed by atoms with Crippen LogP contribution in [0.4, 0.5) is 0 Å². The smallest absolute Gasteiger partial charge is 0.164 e. The number of furan rings is 1. The SMILES string of the molecule is c1ccc(-c2nc(-c3cc(-c4cccc5oc6ccccc6c45)c4ccccc4c3)nc(-c3ccc4ccc5ccccc5c4c3)n2)cc1. The predicted molar refractivity (Wildman–Crippen MR) is 201 cm³/mol. The molecule has 10 aromatic rings. The fourth-order valence-electron chi connectivity index (χ4n) is 7.15. The molecule has 0 N–H and O–H groups in total. The van der Waals surface area contributed by atoms with Crippen molar-refractivity contribution in [2.24, 2.45) is 0 Å². The Morgan fingerprint density at radius 1 is 0.327 bits per heavy atom. The largest absolute Gasteiger partial charge is 0.456 e. The Bertz CT molecular complexity index is 2890. The van der Waals surface area contributed by atoms with Gasteiger partial charge in [-0.1, -0.05) is 133 Å². The maximum absolute atomic E-state index is 6.30. The van der Waals surface area contributed by atoms with Crippen LogP contribution >= 0.6 is 0 Å². The molecule has 0 bridgehead atoms. The third-order valence-electron chi connectivity index (χ3n) is 9.49. The minimum absolute atomic E-state index is 0.623. The molecule has 0 amide bonds. The zero-order valence-electron chi connectivity index (χ0n) is 26.3. The third-order valence-corrected chi connectivity index (χ3v) is 9.49. The van der Waals surface area contributed by atoms with Gasteiger partial charge in [0, 0.05) is 27.5 Å². The van der Waals surface area contributed by atoms with Crippen molar-refractivity contribution in [2.75, 3.05) is 0 Å². The maximum Gasteiger partial charge on any atom is 0.164 e. The van der Waals surface area contributed by atoms with E-state index in [9.17, 15) is 0 Å². The Hall–Kier alpha value is -6.65. The van der Waals surface area contributed by atoms with Crippen LogP contribution in [-0.2, 0) is 0 Å². The molecule has 0 aliphatic heterocycles. The Morgan fingerprint density at radius 3 is 1.78 bits per heavy atom. The minimum Gasteiger partial charge on any atom is -0.456 e. The number of rotatable bonds is 4. The summed E-state index contributed by atoms with van der Waals surface area (Å²) < 4.78 is 6.30. The Labute approximate surface area is 282 Å². The summed E-state index contributed by atoms with van der Waals surface area (Å²) >= 11 is 0. The topological polar surface area (TPSA) is 51.8 Å². The van der Waals surface area contributed by atoms with E-state index in [1.807, 2.05) is 48.5 Å². The second-order valence-corrected chi connectivity index (χ2v) is 12.4. The Kier molecular flexibility index (Phi) is 6.15. The van der Waals surface area contributed by atoms with E-state index in [4.69, 9.17) is 19.4 Å². The second-order valence-electron chi connectivity index (χ2n) is 12.4. The van der Waals surface area contributed by atoms with Crippen molar-refractivity contribution in [3.8, 4) is 45.3 Å². The fourth-order valence-corrected chi connectivity index (χ4v) is 7.15. The summed E-state index contributed by atoms with van der Waals surface area (Å²) in [5.41, 5.74) is 6.76. The number of benzene rings is 8. The molecular formula is C45H27N3O. The van der Waals surface area contributed by atoms with E-state index in [-0.39, 0.29) is 0 Å². The molecule has 4 nitrogen and oxygen atoms in total. The zero-order chi connectivity index (χ0) is 32.3. The second kappa shape index (κ2) is 11.0. The van der Waals surface area contributed by atoms with Crippen LogP contribution in [0.2, 0.25) is 0 Å². The standard InChI is InChI=1S/C45H27N3O/c1-2-12-30(13-3-1)43-46-44(32-24-23-29-22-21-28-11-4-6-15-34(28)38(29)26-32)48-45(47-43)33-25-31-14-5-7-16-35(31)39(27-33)36-18-10-20-41-42(36)37-17-8-9-19-40(37)49-41/h1-27H. The van der Waals surface area contributed by atoms with Crippen LogP contribution in [0.25, 0.3) is 99.5 Å². The number of hydrogen-bond acceptors (Lipinski definition) is 4. The first-order chi connectivity index (χ1) is 24.3. The fraction of sp³-hybridized carbons (Fsp3) is 0. The lowest BCUT2D eigenvalue weighted by Crippen LogP contribution is -2.00. The molecule has 0 radical (unpaired) electrons.